The standard InChI is InChI=1S/C30H34N2O5/c33-20-22-8-10-23(11-9-22)28-16-27(19-32-15-14-26(34)18-32)36-30(37-28)25-12-6-21(7-13-25)17-31-29(35)24-4-2-1-3-5-24/h1-13,26-28,30,33-34H,14-20H2,(H,31,35)/t26-,27+,28-,30-/m0/s1. The number of hydrogen-bond donors (Lipinski definition) is 3. The Morgan fingerprint density at radius 2 is 1.62 bits per heavy atom. The van der Waals surface area contributed by atoms with E-state index in [4.69, 9.17) is 9.47 Å². The van der Waals surface area contributed by atoms with Crippen molar-refractivity contribution in [3.63, 3.8) is 0 Å². The SMILES string of the molecule is O=C(NCc1ccc([C@H]2O[C@@H](CN3CC[C@H](O)C3)C[C@@H](c3ccc(CO)cc3)O2)cc1)c1ccccc1. The van der Waals surface area contributed by atoms with Crippen LogP contribution in [0.3, 0.4) is 0 Å². The summed E-state index contributed by atoms with van der Waals surface area (Å²) in [7, 11) is 0. The molecule has 0 radical (unpaired) electrons. The van der Waals surface area contributed by atoms with E-state index in [1.165, 1.54) is 0 Å². The first-order valence-electron chi connectivity index (χ1n) is 12.9. The molecular formula is C30H34N2O5. The number of benzene rings is 3. The second-order valence-electron chi connectivity index (χ2n) is 9.84. The van der Waals surface area contributed by atoms with Crippen molar-refractivity contribution in [3.05, 3.63) is 107 Å². The molecule has 0 aromatic heterocycles. The smallest absolute Gasteiger partial charge is 0.251 e. The van der Waals surface area contributed by atoms with E-state index in [-0.39, 0.29) is 30.8 Å². The molecule has 2 aliphatic rings. The van der Waals surface area contributed by atoms with Gasteiger partial charge in [0.05, 0.1) is 24.9 Å². The van der Waals surface area contributed by atoms with E-state index < -0.39 is 6.29 Å². The Morgan fingerprint density at radius 1 is 0.919 bits per heavy atom. The van der Waals surface area contributed by atoms with Crippen LogP contribution in [0, 0.1) is 0 Å². The summed E-state index contributed by atoms with van der Waals surface area (Å²) in [6.07, 6.45) is 0.519. The number of hydrogen-bond acceptors (Lipinski definition) is 6. The maximum absolute atomic E-state index is 12.4. The molecule has 0 bridgehead atoms. The zero-order valence-corrected chi connectivity index (χ0v) is 20.8. The predicted molar refractivity (Wildman–Crippen MR) is 140 cm³/mol. The Bertz CT molecular complexity index is 1150. The molecular weight excluding hydrogens is 468 g/mol. The van der Waals surface area contributed by atoms with Gasteiger partial charge in [-0.3, -0.25) is 9.69 Å². The molecule has 7 heteroatoms. The summed E-state index contributed by atoms with van der Waals surface area (Å²) >= 11 is 0. The first-order valence-corrected chi connectivity index (χ1v) is 12.9. The fraction of sp³-hybridized carbons (Fsp3) is 0.367. The number of carbonyl (C=O) groups excluding carboxylic acids is 1. The lowest BCUT2D eigenvalue weighted by Gasteiger charge is -2.37. The van der Waals surface area contributed by atoms with Crippen molar-refractivity contribution in [1.29, 1.82) is 0 Å². The summed E-state index contributed by atoms with van der Waals surface area (Å²) in [5.41, 5.74) is 4.46. The molecule has 3 aromatic rings. The highest BCUT2D eigenvalue weighted by molar-refractivity contribution is 5.94. The molecule has 2 aliphatic heterocycles. The highest BCUT2D eigenvalue weighted by Gasteiger charge is 2.34. The van der Waals surface area contributed by atoms with Crippen molar-refractivity contribution in [2.75, 3.05) is 19.6 Å². The third-order valence-corrected chi connectivity index (χ3v) is 7.07. The molecule has 2 saturated heterocycles. The van der Waals surface area contributed by atoms with Gasteiger partial charge in [-0.15, -0.1) is 0 Å². The molecule has 4 atom stereocenters. The van der Waals surface area contributed by atoms with Gasteiger partial charge in [-0.05, 0) is 35.2 Å². The van der Waals surface area contributed by atoms with Crippen LogP contribution < -0.4 is 5.32 Å². The molecule has 0 aliphatic carbocycles. The maximum atomic E-state index is 12.4. The predicted octanol–water partition coefficient (Wildman–Crippen LogP) is 3.72. The largest absolute Gasteiger partial charge is 0.392 e. The van der Waals surface area contributed by atoms with Crippen LogP contribution in [-0.4, -0.2) is 52.9 Å². The summed E-state index contributed by atoms with van der Waals surface area (Å²) < 4.78 is 12.8. The van der Waals surface area contributed by atoms with E-state index in [9.17, 15) is 15.0 Å². The quantitative estimate of drug-likeness (QED) is 0.435. The maximum Gasteiger partial charge on any atom is 0.251 e. The van der Waals surface area contributed by atoms with E-state index in [2.05, 4.69) is 10.2 Å². The van der Waals surface area contributed by atoms with E-state index in [1.807, 2.05) is 66.7 Å². The summed E-state index contributed by atoms with van der Waals surface area (Å²) in [5, 5.41) is 22.3. The monoisotopic (exact) mass is 502 g/mol. The summed E-state index contributed by atoms with van der Waals surface area (Å²) in [5.74, 6) is -0.103. The minimum Gasteiger partial charge on any atom is -0.392 e. The molecule has 0 unspecified atom stereocenters. The van der Waals surface area contributed by atoms with Gasteiger partial charge in [-0.2, -0.15) is 0 Å². The molecule has 194 valence electrons. The molecule has 0 spiro atoms. The number of nitrogens with zero attached hydrogens (tertiary/aromatic N) is 1. The molecule has 3 aromatic carbocycles. The van der Waals surface area contributed by atoms with E-state index in [0.29, 0.717) is 25.1 Å². The zero-order chi connectivity index (χ0) is 25.6. The highest BCUT2D eigenvalue weighted by Crippen LogP contribution is 2.38. The fourth-order valence-electron chi connectivity index (χ4n) is 4.97. The van der Waals surface area contributed by atoms with Crippen molar-refractivity contribution in [2.45, 2.75) is 50.6 Å². The second kappa shape index (κ2) is 12.0. The lowest BCUT2D eigenvalue weighted by atomic mass is 9.99. The minimum atomic E-state index is -0.526. The Kier molecular flexibility index (Phi) is 8.28. The minimum absolute atomic E-state index is 0.00953. The van der Waals surface area contributed by atoms with Crippen molar-refractivity contribution in [3.8, 4) is 0 Å². The molecule has 2 fully saturated rings. The van der Waals surface area contributed by atoms with Crippen LogP contribution in [0.1, 0.15) is 57.8 Å². The number of ether oxygens (including phenoxy) is 2. The normalized spacial score (nSPS) is 24.2. The zero-order valence-electron chi connectivity index (χ0n) is 20.8. The Balaban J connectivity index is 1.26. The van der Waals surface area contributed by atoms with Gasteiger partial charge in [0, 0.05) is 43.7 Å². The van der Waals surface area contributed by atoms with Crippen LogP contribution in [0.5, 0.6) is 0 Å². The molecule has 7 nitrogen and oxygen atoms in total. The first-order chi connectivity index (χ1) is 18.1. The molecule has 37 heavy (non-hydrogen) atoms. The average Bonchev–Trinajstić information content (AvgIpc) is 3.36. The van der Waals surface area contributed by atoms with Gasteiger partial charge in [0.25, 0.3) is 5.91 Å². The Labute approximate surface area is 217 Å². The second-order valence-corrected chi connectivity index (χ2v) is 9.84. The molecule has 1 amide bonds. The first kappa shape index (κ1) is 25.6. The van der Waals surface area contributed by atoms with Crippen LogP contribution in [0.25, 0.3) is 0 Å². The van der Waals surface area contributed by atoms with E-state index >= 15 is 0 Å². The Hall–Kier alpha value is -3.07. The lowest BCUT2D eigenvalue weighted by molar-refractivity contribution is -0.252. The number of nitrogens with one attached hydrogen (secondary N) is 1. The van der Waals surface area contributed by atoms with E-state index in [1.54, 1.807) is 12.1 Å². The number of amides is 1. The van der Waals surface area contributed by atoms with Gasteiger partial charge >= 0.3 is 0 Å². The van der Waals surface area contributed by atoms with Crippen LogP contribution in [-0.2, 0) is 22.6 Å². The number of likely N-dealkylation sites (tertiary alicyclic amines) is 1. The van der Waals surface area contributed by atoms with Crippen LogP contribution in [0.4, 0.5) is 0 Å². The van der Waals surface area contributed by atoms with Gasteiger partial charge in [0.1, 0.15) is 0 Å². The molecule has 0 saturated carbocycles. The number of β-amino-alcohol motifs (C(OH)–C–C–N with tert-alkyl or cyclic N) is 1. The fourth-order valence-corrected chi connectivity index (χ4v) is 4.97. The lowest BCUT2D eigenvalue weighted by Crippen LogP contribution is -2.38. The van der Waals surface area contributed by atoms with Gasteiger partial charge in [0.2, 0.25) is 0 Å². The third-order valence-electron chi connectivity index (χ3n) is 7.07. The van der Waals surface area contributed by atoms with Gasteiger partial charge in [-0.25, -0.2) is 0 Å². The third kappa shape index (κ3) is 6.63. The van der Waals surface area contributed by atoms with Crippen LogP contribution >= 0.6 is 0 Å². The summed E-state index contributed by atoms with van der Waals surface area (Å²) in [6, 6.07) is 25.0. The van der Waals surface area contributed by atoms with Crippen LogP contribution in [0.2, 0.25) is 0 Å². The van der Waals surface area contributed by atoms with Crippen molar-refractivity contribution < 1.29 is 24.5 Å². The van der Waals surface area contributed by atoms with Crippen molar-refractivity contribution in [2.24, 2.45) is 0 Å². The Morgan fingerprint density at radius 3 is 2.30 bits per heavy atom. The number of aliphatic hydroxyl groups excluding tert-OH is 2. The number of carbonyl (C=O) groups is 1. The van der Waals surface area contributed by atoms with Crippen molar-refractivity contribution in [1.82, 2.24) is 10.2 Å². The topological polar surface area (TPSA) is 91.3 Å². The summed E-state index contributed by atoms with van der Waals surface area (Å²) in [6.45, 7) is 2.72. The van der Waals surface area contributed by atoms with E-state index in [0.717, 1.165) is 41.8 Å². The highest BCUT2D eigenvalue weighted by atomic mass is 16.7. The molecule has 3 N–H and O–H groups in total. The summed E-state index contributed by atoms with van der Waals surface area (Å²) in [4.78, 5) is 14.6. The average molecular weight is 503 g/mol. The number of rotatable bonds is 8. The van der Waals surface area contributed by atoms with Gasteiger partial charge in [0.15, 0.2) is 6.29 Å². The van der Waals surface area contributed by atoms with Crippen molar-refractivity contribution >= 4 is 5.91 Å². The number of aliphatic hydroxyl groups is 2. The van der Waals surface area contributed by atoms with Crippen LogP contribution in [0.15, 0.2) is 78.9 Å². The molecule has 2 heterocycles. The molecule has 5 rings (SSSR count). The van der Waals surface area contributed by atoms with Gasteiger partial charge in [-0.1, -0.05) is 66.7 Å². The van der Waals surface area contributed by atoms with Gasteiger partial charge < -0.3 is 25.0 Å².